The van der Waals surface area contributed by atoms with Gasteiger partial charge in [-0.2, -0.15) is 0 Å². The molecule has 0 bridgehead atoms. The van der Waals surface area contributed by atoms with Gasteiger partial charge in [-0.25, -0.2) is 0 Å². The average molecular weight is 265 g/mol. The first kappa shape index (κ1) is 12.2. The Balaban J connectivity index is 1.82. The van der Waals surface area contributed by atoms with Gasteiger partial charge in [0.2, 0.25) is 0 Å². The van der Waals surface area contributed by atoms with Crippen LogP contribution in [0.2, 0.25) is 0 Å². The van der Waals surface area contributed by atoms with Gasteiger partial charge in [0.15, 0.2) is 0 Å². The van der Waals surface area contributed by atoms with Crippen LogP contribution >= 0.6 is 11.3 Å². The molecule has 0 saturated carbocycles. The maximum Gasteiger partial charge on any atom is 0.252 e. The number of nitrogens with zero attached hydrogens (tertiary/aromatic N) is 1. The normalized spacial score (nSPS) is 27.3. The lowest BCUT2D eigenvalue weighted by Crippen LogP contribution is -2.44. The van der Waals surface area contributed by atoms with Crippen LogP contribution in [0.3, 0.4) is 0 Å². The third-order valence-corrected chi connectivity index (χ3v) is 4.97. The van der Waals surface area contributed by atoms with Gasteiger partial charge in [0, 0.05) is 18.0 Å². The minimum Gasteiger partial charge on any atom is -0.368 e. The van der Waals surface area contributed by atoms with Gasteiger partial charge in [-0.15, -0.1) is 11.3 Å². The highest BCUT2D eigenvalue weighted by atomic mass is 32.1. The third kappa shape index (κ3) is 1.97. The predicted octanol–water partition coefficient (Wildman–Crippen LogP) is 2.76. The smallest absolute Gasteiger partial charge is 0.252 e. The predicted molar refractivity (Wildman–Crippen MR) is 71.7 cm³/mol. The summed E-state index contributed by atoms with van der Waals surface area (Å²) in [6, 6.07) is 2.44. The zero-order valence-electron chi connectivity index (χ0n) is 10.7. The summed E-state index contributed by atoms with van der Waals surface area (Å²) in [5.74, 6) is 0.205. The Bertz CT molecular complexity index is 437. The second kappa shape index (κ2) is 5.02. The first-order valence-corrected chi connectivity index (χ1v) is 7.67. The van der Waals surface area contributed by atoms with Crippen LogP contribution in [0.15, 0.2) is 11.4 Å². The number of amides is 1. The summed E-state index contributed by atoms with van der Waals surface area (Å²) < 4.78 is 5.54. The van der Waals surface area contributed by atoms with Crippen LogP contribution in [0.25, 0.3) is 0 Å². The van der Waals surface area contributed by atoms with Crippen molar-refractivity contribution in [1.82, 2.24) is 4.90 Å². The van der Waals surface area contributed by atoms with Gasteiger partial charge in [-0.05, 0) is 42.7 Å². The molecule has 98 valence electrons. The number of carbonyl (C=O) groups excluding carboxylic acids is 1. The summed E-state index contributed by atoms with van der Waals surface area (Å²) in [6.07, 6.45) is 3.72. The van der Waals surface area contributed by atoms with E-state index in [-0.39, 0.29) is 18.1 Å². The van der Waals surface area contributed by atoms with Gasteiger partial charge in [0.1, 0.15) is 6.10 Å². The van der Waals surface area contributed by atoms with Gasteiger partial charge in [0.25, 0.3) is 5.91 Å². The van der Waals surface area contributed by atoms with Crippen molar-refractivity contribution in [2.24, 2.45) is 0 Å². The summed E-state index contributed by atoms with van der Waals surface area (Å²) in [6.45, 7) is 3.75. The molecule has 0 spiro atoms. The molecule has 0 radical (unpaired) electrons. The lowest BCUT2D eigenvalue weighted by atomic mass is 9.97. The number of hydrogen-bond donors (Lipinski definition) is 0. The number of rotatable bonds is 2. The summed E-state index contributed by atoms with van der Waals surface area (Å²) >= 11 is 1.82. The molecule has 0 N–H and O–H groups in total. The molecule has 1 aromatic rings. The van der Waals surface area contributed by atoms with Crippen molar-refractivity contribution < 1.29 is 9.53 Å². The molecule has 3 heterocycles. The molecule has 3 nitrogen and oxygen atoms in total. The number of thiophene rings is 1. The first-order chi connectivity index (χ1) is 8.81. The molecule has 4 heteroatoms. The molecule has 18 heavy (non-hydrogen) atoms. The molecule has 0 aliphatic carbocycles. The Morgan fingerprint density at radius 1 is 1.61 bits per heavy atom. The minimum absolute atomic E-state index is 0.181. The van der Waals surface area contributed by atoms with E-state index in [0.717, 1.165) is 38.8 Å². The molecule has 2 aliphatic heterocycles. The van der Waals surface area contributed by atoms with Crippen LogP contribution in [0, 0.1) is 0 Å². The SMILES string of the molecule is CCC1c2ccsc2CCN1C(=O)C1CCCO1. The van der Waals surface area contributed by atoms with E-state index in [1.165, 1.54) is 10.4 Å². The first-order valence-electron chi connectivity index (χ1n) is 6.79. The van der Waals surface area contributed by atoms with Crippen molar-refractivity contribution >= 4 is 17.2 Å². The molecule has 2 unspecified atom stereocenters. The third-order valence-electron chi connectivity index (χ3n) is 3.97. The van der Waals surface area contributed by atoms with Crippen molar-refractivity contribution in [3.05, 3.63) is 21.9 Å². The van der Waals surface area contributed by atoms with Crippen LogP contribution in [-0.4, -0.2) is 30.1 Å². The van der Waals surface area contributed by atoms with E-state index in [4.69, 9.17) is 4.74 Å². The Morgan fingerprint density at radius 2 is 2.50 bits per heavy atom. The monoisotopic (exact) mass is 265 g/mol. The fourth-order valence-corrected chi connectivity index (χ4v) is 3.99. The summed E-state index contributed by atoms with van der Waals surface area (Å²) in [4.78, 5) is 16.0. The molecule has 1 saturated heterocycles. The number of ether oxygens (including phenoxy) is 1. The largest absolute Gasteiger partial charge is 0.368 e. The fraction of sp³-hybridized carbons (Fsp3) is 0.643. The highest BCUT2D eigenvalue weighted by Crippen LogP contribution is 2.36. The van der Waals surface area contributed by atoms with Crippen LogP contribution in [-0.2, 0) is 16.0 Å². The molecular weight excluding hydrogens is 246 g/mol. The maximum atomic E-state index is 12.5. The number of carbonyl (C=O) groups is 1. The highest BCUT2D eigenvalue weighted by Gasteiger charge is 2.35. The van der Waals surface area contributed by atoms with Crippen molar-refractivity contribution in [3.63, 3.8) is 0 Å². The summed E-state index contributed by atoms with van der Waals surface area (Å²) in [5.41, 5.74) is 1.36. The molecule has 1 fully saturated rings. The molecular formula is C14H19NO2S. The van der Waals surface area contributed by atoms with Crippen molar-refractivity contribution in [2.45, 2.75) is 44.8 Å². The van der Waals surface area contributed by atoms with Crippen molar-refractivity contribution in [1.29, 1.82) is 0 Å². The quantitative estimate of drug-likeness (QED) is 0.823. The van der Waals surface area contributed by atoms with Gasteiger partial charge in [-0.3, -0.25) is 4.79 Å². The lowest BCUT2D eigenvalue weighted by Gasteiger charge is -2.36. The van der Waals surface area contributed by atoms with E-state index in [9.17, 15) is 4.79 Å². The van der Waals surface area contributed by atoms with Crippen LogP contribution < -0.4 is 0 Å². The topological polar surface area (TPSA) is 29.5 Å². The van der Waals surface area contributed by atoms with Gasteiger partial charge < -0.3 is 9.64 Å². The Morgan fingerprint density at radius 3 is 3.22 bits per heavy atom. The molecule has 3 rings (SSSR count). The van der Waals surface area contributed by atoms with Crippen molar-refractivity contribution in [3.8, 4) is 0 Å². The zero-order chi connectivity index (χ0) is 12.5. The Hall–Kier alpha value is -0.870. The van der Waals surface area contributed by atoms with Gasteiger partial charge in [0.05, 0.1) is 6.04 Å². The van der Waals surface area contributed by atoms with Crippen LogP contribution in [0.4, 0.5) is 0 Å². The number of hydrogen-bond acceptors (Lipinski definition) is 3. The van der Waals surface area contributed by atoms with Gasteiger partial charge in [-0.1, -0.05) is 6.92 Å². The molecule has 2 atom stereocenters. The van der Waals surface area contributed by atoms with E-state index < -0.39 is 0 Å². The molecule has 2 aliphatic rings. The number of fused-ring (bicyclic) bond motifs is 1. The minimum atomic E-state index is -0.181. The van der Waals surface area contributed by atoms with E-state index >= 15 is 0 Å². The highest BCUT2D eigenvalue weighted by molar-refractivity contribution is 7.10. The Labute approximate surface area is 112 Å². The fourth-order valence-electron chi connectivity index (χ4n) is 3.06. The summed E-state index contributed by atoms with van der Waals surface area (Å²) in [5, 5.41) is 2.15. The van der Waals surface area contributed by atoms with Crippen molar-refractivity contribution in [2.75, 3.05) is 13.2 Å². The average Bonchev–Trinajstić information content (AvgIpc) is 3.06. The van der Waals surface area contributed by atoms with E-state index in [1.54, 1.807) is 0 Å². The van der Waals surface area contributed by atoms with Crippen LogP contribution in [0.5, 0.6) is 0 Å². The molecule has 0 aromatic carbocycles. The second-order valence-corrected chi connectivity index (χ2v) is 6.01. The maximum absolute atomic E-state index is 12.5. The van der Waals surface area contributed by atoms with Gasteiger partial charge >= 0.3 is 0 Å². The van der Waals surface area contributed by atoms with E-state index in [2.05, 4.69) is 18.4 Å². The second-order valence-electron chi connectivity index (χ2n) is 5.01. The zero-order valence-corrected chi connectivity index (χ0v) is 11.5. The van der Waals surface area contributed by atoms with E-state index in [1.807, 2.05) is 16.2 Å². The molecule has 1 amide bonds. The summed E-state index contributed by atoms with van der Waals surface area (Å²) in [7, 11) is 0. The lowest BCUT2D eigenvalue weighted by molar-refractivity contribution is -0.144. The molecule has 1 aromatic heterocycles. The van der Waals surface area contributed by atoms with E-state index in [0.29, 0.717) is 0 Å². The van der Waals surface area contributed by atoms with Crippen LogP contribution in [0.1, 0.15) is 42.7 Å². The Kier molecular flexibility index (Phi) is 3.39. The standard InChI is InChI=1S/C14H19NO2S/c1-2-11-10-6-9-18-13(10)5-7-15(11)14(16)12-4-3-8-17-12/h6,9,11-12H,2-5,7-8H2,1H3.